The molecule has 4 aliphatic rings. The van der Waals surface area contributed by atoms with Crippen LogP contribution in [0.4, 0.5) is 16.0 Å². The van der Waals surface area contributed by atoms with Gasteiger partial charge < -0.3 is 28.9 Å². The second-order valence-electron chi connectivity index (χ2n) is 14.4. The number of hydrogen-bond acceptors (Lipinski definition) is 11. The quantitative estimate of drug-likeness (QED) is 0.269. The highest BCUT2D eigenvalue weighted by molar-refractivity contribution is 7.80. The molecule has 0 radical (unpaired) electrons. The van der Waals surface area contributed by atoms with Crippen LogP contribution in [0.2, 0.25) is 0 Å². The molecule has 276 valence electrons. The fourth-order valence-electron chi connectivity index (χ4n) is 7.90. The largest absolute Gasteiger partial charge is 0.451 e. The van der Waals surface area contributed by atoms with Gasteiger partial charge in [-0.3, -0.25) is 9.35 Å². The van der Waals surface area contributed by atoms with Crippen LogP contribution in [0.25, 0.3) is 0 Å². The lowest BCUT2D eigenvalue weighted by Gasteiger charge is -2.54. The van der Waals surface area contributed by atoms with Crippen molar-refractivity contribution in [2.24, 2.45) is 5.41 Å². The molecule has 1 N–H and O–H groups in total. The molecule has 4 aliphatic heterocycles. The van der Waals surface area contributed by atoms with Crippen LogP contribution in [0.3, 0.4) is 0 Å². The fraction of sp³-hybridized carbons (Fsp3) is 0.600. The summed E-state index contributed by atoms with van der Waals surface area (Å²) < 4.78 is 56.2. The Balaban J connectivity index is 0.936. The number of aryl methyl sites for hydroxylation is 1. The second-order valence-corrected chi connectivity index (χ2v) is 16.3. The Hall–Kier alpha value is -3.28. The third-order valence-corrected chi connectivity index (χ3v) is 12.1. The number of amides is 1. The van der Waals surface area contributed by atoms with E-state index in [2.05, 4.69) is 24.8 Å². The maximum atomic E-state index is 14.5. The molecule has 1 amide bonds. The molecular weight excluding hydrogens is 698 g/mol. The maximum absolute atomic E-state index is 14.5. The third-order valence-electron chi connectivity index (χ3n) is 10.6. The van der Waals surface area contributed by atoms with Crippen LogP contribution >= 0.6 is 11.3 Å². The van der Waals surface area contributed by atoms with Crippen LogP contribution in [-0.2, 0) is 20.7 Å². The first kappa shape index (κ1) is 36.1. The van der Waals surface area contributed by atoms with Crippen LogP contribution in [-0.4, -0.2) is 116 Å². The molecule has 1 aromatic carbocycles. The predicted octanol–water partition coefficient (Wildman–Crippen LogP) is 4.91. The fourth-order valence-corrected chi connectivity index (χ4v) is 9.23. The van der Waals surface area contributed by atoms with Gasteiger partial charge in [-0.25, -0.2) is 27.9 Å². The minimum atomic E-state index is -2.16. The average Bonchev–Trinajstić information content (AvgIpc) is 3.78. The molecule has 4 atom stereocenters. The number of thiazole rings is 1. The van der Waals surface area contributed by atoms with Gasteiger partial charge in [-0.1, -0.05) is 0 Å². The van der Waals surface area contributed by atoms with E-state index in [1.54, 1.807) is 11.1 Å². The molecule has 0 bridgehead atoms. The lowest BCUT2D eigenvalue weighted by Crippen LogP contribution is -2.61. The maximum Gasteiger partial charge on any atom is 0.263 e. The molecule has 2 aromatic heterocycles. The van der Waals surface area contributed by atoms with E-state index in [1.807, 2.05) is 26.2 Å². The van der Waals surface area contributed by atoms with Crippen molar-refractivity contribution in [2.75, 3.05) is 61.7 Å². The Morgan fingerprint density at radius 1 is 1.18 bits per heavy atom. The van der Waals surface area contributed by atoms with Crippen LogP contribution in [0, 0.1) is 18.2 Å². The van der Waals surface area contributed by atoms with Crippen molar-refractivity contribution in [3.8, 4) is 11.5 Å². The molecule has 13 nitrogen and oxygen atoms in total. The molecule has 6 heterocycles. The topological polar surface area (TPSA) is 134 Å². The molecule has 1 spiro atoms. The Kier molecular flexibility index (Phi) is 10.9. The Morgan fingerprint density at radius 3 is 2.63 bits per heavy atom. The molecular formula is C35H46FN7O6S2. The van der Waals surface area contributed by atoms with E-state index >= 15 is 0 Å². The molecule has 16 heteroatoms. The van der Waals surface area contributed by atoms with Gasteiger partial charge in [0.15, 0.2) is 17.4 Å². The number of hydrogen-bond donors (Lipinski definition) is 1. The van der Waals surface area contributed by atoms with Crippen LogP contribution in [0.5, 0.6) is 11.5 Å². The van der Waals surface area contributed by atoms with Crippen LogP contribution in [0.1, 0.15) is 61.3 Å². The lowest BCUT2D eigenvalue weighted by atomic mass is 9.72. The minimum absolute atomic E-state index is 0.0786. The molecule has 0 aliphatic carbocycles. The Labute approximate surface area is 304 Å². The minimum Gasteiger partial charge on any atom is -0.451 e. The smallest absolute Gasteiger partial charge is 0.263 e. The van der Waals surface area contributed by atoms with E-state index in [1.165, 1.54) is 40.2 Å². The summed E-state index contributed by atoms with van der Waals surface area (Å²) in [5.41, 5.74) is 0.331. The van der Waals surface area contributed by atoms with Gasteiger partial charge in [0.25, 0.3) is 17.2 Å². The molecule has 1 unspecified atom stereocenters. The highest BCUT2D eigenvalue weighted by Gasteiger charge is 2.46. The number of ether oxygens (including phenoxy) is 3. The van der Waals surface area contributed by atoms with Gasteiger partial charge >= 0.3 is 0 Å². The van der Waals surface area contributed by atoms with E-state index in [9.17, 15) is 17.9 Å². The first-order valence-electron chi connectivity index (χ1n) is 17.7. The van der Waals surface area contributed by atoms with Crippen molar-refractivity contribution in [3.05, 3.63) is 52.5 Å². The first-order chi connectivity index (χ1) is 24.6. The molecule has 7 rings (SSSR count). The summed E-state index contributed by atoms with van der Waals surface area (Å²) in [7, 11) is 0. The van der Waals surface area contributed by atoms with E-state index in [0.717, 1.165) is 69.8 Å². The van der Waals surface area contributed by atoms with E-state index in [4.69, 9.17) is 14.2 Å². The number of carbonyl (C=O) groups is 1. The monoisotopic (exact) mass is 743 g/mol. The molecule has 3 aromatic rings. The summed E-state index contributed by atoms with van der Waals surface area (Å²) in [4.78, 5) is 33.5. The van der Waals surface area contributed by atoms with Gasteiger partial charge in [0.05, 0.1) is 48.2 Å². The van der Waals surface area contributed by atoms with Crippen molar-refractivity contribution in [2.45, 2.75) is 77.1 Å². The summed E-state index contributed by atoms with van der Waals surface area (Å²) >= 11 is -0.700. The van der Waals surface area contributed by atoms with Crippen molar-refractivity contribution in [1.82, 2.24) is 24.8 Å². The first-order valence-corrected chi connectivity index (χ1v) is 19.6. The molecule has 0 saturated carbocycles. The van der Waals surface area contributed by atoms with Gasteiger partial charge in [-0.15, -0.1) is 11.3 Å². The lowest BCUT2D eigenvalue weighted by molar-refractivity contribution is -0.0270. The highest BCUT2D eigenvalue weighted by atomic mass is 32.2. The van der Waals surface area contributed by atoms with Gasteiger partial charge in [0, 0.05) is 43.1 Å². The van der Waals surface area contributed by atoms with Crippen LogP contribution < -0.4 is 13.9 Å². The summed E-state index contributed by atoms with van der Waals surface area (Å²) in [6.07, 6.45) is 7.60. The summed E-state index contributed by atoms with van der Waals surface area (Å²) in [6.45, 7) is 11.7. The molecule has 4 saturated heterocycles. The Bertz CT molecular complexity index is 1700. The van der Waals surface area contributed by atoms with Crippen molar-refractivity contribution < 1.29 is 32.2 Å². The number of rotatable bonds is 11. The summed E-state index contributed by atoms with van der Waals surface area (Å²) in [5.74, 6) is 1.06. The van der Waals surface area contributed by atoms with Crippen molar-refractivity contribution in [3.63, 3.8) is 0 Å². The standard InChI is InChI=1S/C35H46FN7O6S2/c1-23(2)42(26-8-13-47-17-26)34(44)29-14-25(36)4-7-30(29)49-31-15-37-22-38-33(31)41-20-35(21-41)9-11-40(12-10-35)16-28-6-5-27(18-48-28)43(51(45)46)32-19-50-24(3)39-32/h4,7,14-15,19,22-23,26-28H,5-6,8-13,16-18,20-21H2,1-3H3,(H,45,46)/t26-,27+,28-/m0/s1. The number of likely N-dealkylation sites (tertiary alicyclic amines) is 1. The SMILES string of the molecule is Cc1nc(N([C@@H]2CC[C@@H](CN3CCC4(CC3)CN(c3ncncc3Oc3ccc(F)cc3C(=O)N(C(C)C)[C@H]3CCOC3)C4)OC2)S(=O)O)cs1. The zero-order valence-electron chi connectivity index (χ0n) is 29.3. The van der Waals surface area contributed by atoms with Crippen molar-refractivity contribution >= 4 is 40.1 Å². The van der Waals surface area contributed by atoms with E-state index in [0.29, 0.717) is 37.2 Å². The Morgan fingerprint density at radius 2 is 1.98 bits per heavy atom. The number of anilines is 2. The number of aromatic nitrogens is 3. The molecule has 51 heavy (non-hydrogen) atoms. The van der Waals surface area contributed by atoms with Gasteiger partial charge in [-0.2, -0.15) is 0 Å². The zero-order valence-corrected chi connectivity index (χ0v) is 30.9. The number of benzene rings is 1. The number of carbonyl (C=O) groups excluding carboxylic acids is 1. The third kappa shape index (κ3) is 7.90. The highest BCUT2D eigenvalue weighted by Crippen LogP contribution is 2.45. The van der Waals surface area contributed by atoms with Gasteiger partial charge in [0.2, 0.25) is 0 Å². The normalized spacial score (nSPS) is 24.0. The molecule has 4 fully saturated rings. The number of nitrogens with zero attached hydrogens (tertiary/aromatic N) is 7. The van der Waals surface area contributed by atoms with Crippen molar-refractivity contribution in [1.29, 1.82) is 0 Å². The zero-order chi connectivity index (χ0) is 35.7. The van der Waals surface area contributed by atoms with Gasteiger partial charge in [-0.05, 0) is 84.2 Å². The summed E-state index contributed by atoms with van der Waals surface area (Å²) in [5, 5.41) is 2.67. The van der Waals surface area contributed by atoms with Gasteiger partial charge in [0.1, 0.15) is 17.9 Å². The second kappa shape index (κ2) is 15.4. The number of piperidine rings is 1. The summed E-state index contributed by atoms with van der Waals surface area (Å²) in [6, 6.07) is 3.67. The predicted molar refractivity (Wildman–Crippen MR) is 192 cm³/mol. The number of halogens is 1. The van der Waals surface area contributed by atoms with Crippen LogP contribution in [0.15, 0.2) is 36.1 Å². The average molecular weight is 744 g/mol. The van der Waals surface area contributed by atoms with E-state index < -0.39 is 17.1 Å². The van der Waals surface area contributed by atoms with E-state index in [-0.39, 0.29) is 46.9 Å².